The number of thiol groups is 1. The van der Waals surface area contributed by atoms with Gasteiger partial charge in [-0.3, -0.25) is 4.79 Å². The molecule has 0 radical (unpaired) electrons. The third-order valence-electron chi connectivity index (χ3n) is 5.65. The van der Waals surface area contributed by atoms with E-state index in [0.717, 1.165) is 28.6 Å². The lowest BCUT2D eigenvalue weighted by Gasteiger charge is -2.37. The first-order chi connectivity index (χ1) is 15.6. The zero-order valence-corrected chi connectivity index (χ0v) is 18.9. The SMILES string of the molecule is COc1ccccc1-c1cn2c(n1)C(CCOc1ccccc1)N(C(=O)C(N)CS)CC2. The zero-order chi connectivity index (χ0) is 22.5. The Morgan fingerprint density at radius 3 is 2.69 bits per heavy atom. The summed E-state index contributed by atoms with van der Waals surface area (Å²) in [6.07, 6.45) is 2.63. The van der Waals surface area contributed by atoms with E-state index in [2.05, 4.69) is 17.2 Å². The highest BCUT2D eigenvalue weighted by molar-refractivity contribution is 7.80. The number of hydrogen-bond donors (Lipinski definition) is 2. The summed E-state index contributed by atoms with van der Waals surface area (Å²) in [6, 6.07) is 16.6. The van der Waals surface area contributed by atoms with Gasteiger partial charge in [-0.25, -0.2) is 4.98 Å². The average Bonchev–Trinajstić information content (AvgIpc) is 3.28. The van der Waals surface area contributed by atoms with E-state index in [1.54, 1.807) is 7.11 Å². The van der Waals surface area contributed by atoms with E-state index in [0.29, 0.717) is 31.9 Å². The summed E-state index contributed by atoms with van der Waals surface area (Å²) in [5, 5.41) is 0. The summed E-state index contributed by atoms with van der Waals surface area (Å²) in [4.78, 5) is 19.8. The molecular formula is C24H28N4O3S. The molecule has 0 saturated heterocycles. The number of ether oxygens (including phenoxy) is 2. The number of carbonyl (C=O) groups is 1. The van der Waals surface area contributed by atoms with E-state index in [-0.39, 0.29) is 11.9 Å². The number of nitrogens with zero attached hydrogens (tertiary/aromatic N) is 3. The maximum absolute atomic E-state index is 13.0. The Bertz CT molecular complexity index is 1060. The first-order valence-electron chi connectivity index (χ1n) is 10.7. The minimum atomic E-state index is -0.647. The smallest absolute Gasteiger partial charge is 0.241 e. The van der Waals surface area contributed by atoms with Crippen LogP contribution in [-0.4, -0.2) is 52.4 Å². The van der Waals surface area contributed by atoms with Crippen LogP contribution in [0.2, 0.25) is 0 Å². The lowest BCUT2D eigenvalue weighted by atomic mass is 10.1. The molecule has 4 rings (SSSR count). The molecule has 1 aliphatic heterocycles. The van der Waals surface area contributed by atoms with Crippen molar-refractivity contribution in [2.45, 2.75) is 25.0 Å². The molecule has 0 saturated carbocycles. The predicted octanol–water partition coefficient (Wildman–Crippen LogP) is 3.17. The van der Waals surface area contributed by atoms with E-state index in [9.17, 15) is 4.79 Å². The third-order valence-corrected chi connectivity index (χ3v) is 6.04. The Labute approximate surface area is 193 Å². The number of fused-ring (bicyclic) bond motifs is 1. The quantitative estimate of drug-likeness (QED) is 0.513. The predicted molar refractivity (Wildman–Crippen MR) is 127 cm³/mol. The highest BCUT2D eigenvalue weighted by Gasteiger charge is 2.35. The van der Waals surface area contributed by atoms with E-state index in [4.69, 9.17) is 20.2 Å². The van der Waals surface area contributed by atoms with Crippen molar-refractivity contribution in [3.05, 3.63) is 66.6 Å². The number of methoxy groups -OCH3 is 1. The summed E-state index contributed by atoms with van der Waals surface area (Å²) in [5.41, 5.74) is 7.78. The van der Waals surface area contributed by atoms with E-state index in [1.807, 2.05) is 65.7 Å². The van der Waals surface area contributed by atoms with Crippen LogP contribution in [-0.2, 0) is 11.3 Å². The minimum Gasteiger partial charge on any atom is -0.496 e. The van der Waals surface area contributed by atoms with Gasteiger partial charge in [0.05, 0.1) is 31.5 Å². The monoisotopic (exact) mass is 452 g/mol. The molecule has 0 bridgehead atoms. The van der Waals surface area contributed by atoms with Crippen molar-refractivity contribution in [2.75, 3.05) is 26.0 Å². The van der Waals surface area contributed by atoms with Crippen LogP contribution >= 0.6 is 12.6 Å². The average molecular weight is 453 g/mol. The molecule has 0 fully saturated rings. The molecule has 1 aliphatic rings. The van der Waals surface area contributed by atoms with Gasteiger partial charge in [0.1, 0.15) is 17.3 Å². The summed E-state index contributed by atoms with van der Waals surface area (Å²) in [5.74, 6) is 2.57. The molecule has 2 N–H and O–H groups in total. The van der Waals surface area contributed by atoms with Crippen molar-refractivity contribution in [1.82, 2.24) is 14.5 Å². The zero-order valence-electron chi connectivity index (χ0n) is 18.1. The lowest BCUT2D eigenvalue weighted by Crippen LogP contribution is -2.50. The van der Waals surface area contributed by atoms with Crippen molar-refractivity contribution in [1.29, 1.82) is 0 Å². The summed E-state index contributed by atoms with van der Waals surface area (Å²) >= 11 is 4.22. The topological polar surface area (TPSA) is 82.6 Å². The van der Waals surface area contributed by atoms with E-state index in [1.165, 1.54) is 0 Å². The molecule has 8 heteroatoms. The second-order valence-corrected chi connectivity index (χ2v) is 8.03. The van der Waals surface area contributed by atoms with Gasteiger partial charge in [0, 0.05) is 37.0 Å². The van der Waals surface area contributed by atoms with Crippen LogP contribution in [0.15, 0.2) is 60.8 Å². The summed E-state index contributed by atoms with van der Waals surface area (Å²) in [6.45, 7) is 1.66. The molecular weight excluding hydrogens is 424 g/mol. The van der Waals surface area contributed by atoms with Crippen LogP contribution in [0.5, 0.6) is 11.5 Å². The number of benzene rings is 2. The van der Waals surface area contributed by atoms with Crippen LogP contribution in [0.1, 0.15) is 18.3 Å². The Morgan fingerprint density at radius 1 is 1.19 bits per heavy atom. The van der Waals surface area contributed by atoms with Crippen LogP contribution in [0.3, 0.4) is 0 Å². The molecule has 1 aromatic heterocycles. The first-order valence-corrected chi connectivity index (χ1v) is 11.3. The van der Waals surface area contributed by atoms with Gasteiger partial charge in [-0.2, -0.15) is 12.6 Å². The minimum absolute atomic E-state index is 0.113. The van der Waals surface area contributed by atoms with Crippen molar-refractivity contribution in [3.63, 3.8) is 0 Å². The first kappa shape index (κ1) is 22.2. The number of rotatable bonds is 8. The van der Waals surface area contributed by atoms with Crippen LogP contribution < -0.4 is 15.2 Å². The van der Waals surface area contributed by atoms with Crippen LogP contribution in [0.4, 0.5) is 0 Å². The van der Waals surface area contributed by atoms with Crippen LogP contribution in [0.25, 0.3) is 11.3 Å². The molecule has 2 aromatic carbocycles. The number of amides is 1. The fourth-order valence-corrected chi connectivity index (χ4v) is 4.17. The van der Waals surface area contributed by atoms with Gasteiger partial charge in [0.2, 0.25) is 5.91 Å². The molecule has 7 nitrogen and oxygen atoms in total. The van der Waals surface area contributed by atoms with E-state index >= 15 is 0 Å². The normalized spacial score (nSPS) is 16.3. The van der Waals surface area contributed by atoms with Gasteiger partial charge in [-0.05, 0) is 24.3 Å². The van der Waals surface area contributed by atoms with Gasteiger partial charge in [-0.15, -0.1) is 0 Å². The molecule has 168 valence electrons. The Balaban J connectivity index is 1.63. The van der Waals surface area contributed by atoms with Crippen molar-refractivity contribution >= 4 is 18.5 Å². The van der Waals surface area contributed by atoms with Gasteiger partial charge >= 0.3 is 0 Å². The van der Waals surface area contributed by atoms with Crippen molar-refractivity contribution in [2.24, 2.45) is 5.73 Å². The fraction of sp³-hybridized carbons (Fsp3) is 0.333. The van der Waals surface area contributed by atoms with E-state index < -0.39 is 6.04 Å². The maximum Gasteiger partial charge on any atom is 0.241 e. The van der Waals surface area contributed by atoms with Crippen molar-refractivity contribution < 1.29 is 14.3 Å². The molecule has 0 aliphatic carbocycles. The van der Waals surface area contributed by atoms with Gasteiger partial charge in [-0.1, -0.05) is 30.3 Å². The number of carbonyl (C=O) groups excluding carboxylic acids is 1. The number of hydrogen-bond acceptors (Lipinski definition) is 6. The highest BCUT2D eigenvalue weighted by Crippen LogP contribution is 2.34. The number of aromatic nitrogens is 2. The Hall–Kier alpha value is -2.97. The molecule has 2 atom stereocenters. The number of nitrogens with two attached hydrogens (primary N) is 1. The van der Waals surface area contributed by atoms with Crippen molar-refractivity contribution in [3.8, 4) is 22.8 Å². The Kier molecular flexibility index (Phi) is 7.02. The van der Waals surface area contributed by atoms with Crippen LogP contribution in [0, 0.1) is 0 Å². The number of para-hydroxylation sites is 2. The standard InChI is InChI=1S/C24H28N4O3S/c1-30-22-10-6-5-9-18(22)20-15-27-12-13-28(24(29)19(25)16-32)21(23(27)26-20)11-14-31-17-7-3-2-4-8-17/h2-10,15,19,21,32H,11-14,16,25H2,1H3. The highest BCUT2D eigenvalue weighted by atomic mass is 32.1. The molecule has 0 spiro atoms. The second-order valence-electron chi connectivity index (χ2n) is 7.66. The third kappa shape index (κ3) is 4.61. The lowest BCUT2D eigenvalue weighted by molar-refractivity contribution is -0.136. The molecule has 32 heavy (non-hydrogen) atoms. The largest absolute Gasteiger partial charge is 0.496 e. The van der Waals surface area contributed by atoms with Gasteiger partial charge < -0.3 is 24.7 Å². The summed E-state index contributed by atoms with van der Waals surface area (Å²) < 4.78 is 13.6. The molecule has 2 heterocycles. The second kappa shape index (κ2) is 10.1. The Morgan fingerprint density at radius 2 is 1.94 bits per heavy atom. The van der Waals surface area contributed by atoms with Gasteiger partial charge in [0.15, 0.2) is 0 Å². The fourth-order valence-electron chi connectivity index (χ4n) is 4.02. The molecule has 3 aromatic rings. The molecule has 1 amide bonds. The van der Waals surface area contributed by atoms with Gasteiger partial charge in [0.25, 0.3) is 0 Å². The maximum atomic E-state index is 13.0. The number of imidazole rings is 1. The summed E-state index contributed by atoms with van der Waals surface area (Å²) in [7, 11) is 1.65. The molecule has 2 unspecified atom stereocenters.